The minimum atomic E-state index is -0.119. The van der Waals surface area contributed by atoms with Gasteiger partial charge >= 0.3 is 0 Å². The second-order valence-corrected chi connectivity index (χ2v) is 5.99. The van der Waals surface area contributed by atoms with Gasteiger partial charge in [0, 0.05) is 10.9 Å². The fourth-order valence-electron chi connectivity index (χ4n) is 2.26. The van der Waals surface area contributed by atoms with Crippen molar-refractivity contribution in [2.24, 2.45) is 0 Å². The molecule has 0 aliphatic carbocycles. The van der Waals surface area contributed by atoms with E-state index in [4.69, 9.17) is 4.74 Å². The van der Waals surface area contributed by atoms with Crippen molar-refractivity contribution >= 4 is 21.7 Å². The summed E-state index contributed by atoms with van der Waals surface area (Å²) in [5, 5.41) is 11.3. The van der Waals surface area contributed by atoms with Crippen LogP contribution in [-0.2, 0) is 6.42 Å². The van der Waals surface area contributed by atoms with Crippen LogP contribution in [0, 0.1) is 0 Å². The lowest BCUT2D eigenvalue weighted by Crippen LogP contribution is -2.03. The molecule has 0 unspecified atom stereocenters. The quantitative estimate of drug-likeness (QED) is 0.369. The van der Waals surface area contributed by atoms with E-state index >= 15 is 0 Å². The summed E-state index contributed by atoms with van der Waals surface area (Å²) in [6.07, 6.45) is 6.16. The van der Waals surface area contributed by atoms with Crippen LogP contribution < -0.4 is 4.74 Å². The zero-order chi connectivity index (χ0) is 15.7. The fourth-order valence-corrected chi connectivity index (χ4v) is 2.66. The molecule has 118 valence electrons. The molecule has 0 heterocycles. The summed E-state index contributed by atoms with van der Waals surface area (Å²) in [5.74, 6) is 0.673. The third kappa shape index (κ3) is 5.70. The van der Waals surface area contributed by atoms with Crippen LogP contribution in [0.2, 0.25) is 0 Å². The van der Waals surface area contributed by atoms with E-state index < -0.39 is 0 Å². The number of phenols is 1. The summed E-state index contributed by atoms with van der Waals surface area (Å²) in [6.45, 7) is 4.16. The Bertz CT molecular complexity index is 458. The molecule has 1 aromatic rings. The maximum atomic E-state index is 11.5. The molecule has 0 saturated heterocycles. The SMILES string of the molecule is CCCc1c(OCCCCCCBr)ccc(C(C)=O)c1O. The predicted molar refractivity (Wildman–Crippen MR) is 89.9 cm³/mol. The first-order chi connectivity index (χ1) is 10.1. The standard InChI is InChI=1S/C17H25BrO3/c1-3-8-15-16(21-12-7-5-4-6-11-18)10-9-14(13(2)19)17(15)20/h9-10,20H,3-8,11-12H2,1-2H3. The third-order valence-corrected chi connectivity index (χ3v) is 3.97. The van der Waals surface area contributed by atoms with Crippen LogP contribution in [0.5, 0.6) is 11.5 Å². The molecule has 3 nitrogen and oxygen atoms in total. The van der Waals surface area contributed by atoms with Crippen molar-refractivity contribution in [2.45, 2.75) is 52.4 Å². The van der Waals surface area contributed by atoms with E-state index in [-0.39, 0.29) is 11.5 Å². The van der Waals surface area contributed by atoms with Gasteiger partial charge in [-0.15, -0.1) is 0 Å². The van der Waals surface area contributed by atoms with Crippen LogP contribution in [-0.4, -0.2) is 22.8 Å². The molecule has 0 amide bonds. The van der Waals surface area contributed by atoms with Crippen LogP contribution in [0.1, 0.15) is 61.9 Å². The van der Waals surface area contributed by atoms with Gasteiger partial charge in [-0.1, -0.05) is 42.1 Å². The van der Waals surface area contributed by atoms with Crippen molar-refractivity contribution in [3.63, 3.8) is 0 Å². The number of benzene rings is 1. The number of rotatable bonds is 10. The van der Waals surface area contributed by atoms with E-state index in [0.717, 1.165) is 30.2 Å². The Kier molecular flexibility index (Phi) is 8.43. The summed E-state index contributed by atoms with van der Waals surface area (Å²) in [7, 11) is 0. The number of hydrogen-bond donors (Lipinski definition) is 1. The molecular formula is C17H25BrO3. The number of unbranched alkanes of at least 4 members (excludes halogenated alkanes) is 3. The van der Waals surface area contributed by atoms with Gasteiger partial charge in [0.2, 0.25) is 0 Å². The highest BCUT2D eigenvalue weighted by atomic mass is 79.9. The third-order valence-electron chi connectivity index (χ3n) is 3.40. The van der Waals surface area contributed by atoms with Gasteiger partial charge in [-0.05, 0) is 38.3 Å². The molecule has 0 aliphatic heterocycles. The molecule has 0 fully saturated rings. The second-order valence-electron chi connectivity index (χ2n) is 5.20. The first kappa shape index (κ1) is 18.0. The Hall–Kier alpha value is -1.03. The smallest absolute Gasteiger partial charge is 0.163 e. The molecule has 1 rings (SSSR count). The number of hydrogen-bond acceptors (Lipinski definition) is 3. The molecule has 1 N–H and O–H groups in total. The van der Waals surface area contributed by atoms with Crippen molar-refractivity contribution in [1.82, 2.24) is 0 Å². The number of phenolic OH excluding ortho intramolecular Hbond substituents is 1. The number of ether oxygens (including phenoxy) is 1. The molecule has 0 atom stereocenters. The largest absolute Gasteiger partial charge is 0.507 e. The normalized spacial score (nSPS) is 10.6. The Labute approximate surface area is 135 Å². The lowest BCUT2D eigenvalue weighted by Gasteiger charge is -2.14. The monoisotopic (exact) mass is 356 g/mol. The number of ketones is 1. The summed E-state index contributed by atoms with van der Waals surface area (Å²) in [6, 6.07) is 3.46. The highest BCUT2D eigenvalue weighted by Gasteiger charge is 2.15. The van der Waals surface area contributed by atoms with Gasteiger partial charge < -0.3 is 9.84 Å². The summed E-state index contributed by atoms with van der Waals surface area (Å²) < 4.78 is 5.80. The summed E-state index contributed by atoms with van der Waals surface area (Å²) in [4.78, 5) is 11.5. The van der Waals surface area contributed by atoms with E-state index in [1.165, 1.54) is 19.8 Å². The number of Topliss-reactive ketones (excluding diaryl/α,β-unsaturated/α-hetero) is 1. The molecule has 0 radical (unpaired) electrons. The molecule has 0 spiro atoms. The zero-order valence-corrected chi connectivity index (χ0v) is 14.5. The van der Waals surface area contributed by atoms with Gasteiger partial charge in [0.05, 0.1) is 12.2 Å². The molecule has 0 aromatic heterocycles. The molecule has 21 heavy (non-hydrogen) atoms. The van der Waals surface area contributed by atoms with E-state index in [9.17, 15) is 9.90 Å². The van der Waals surface area contributed by atoms with Crippen molar-refractivity contribution in [1.29, 1.82) is 0 Å². The first-order valence-electron chi connectivity index (χ1n) is 7.66. The Morgan fingerprint density at radius 1 is 1.24 bits per heavy atom. The van der Waals surface area contributed by atoms with Gasteiger partial charge in [0.25, 0.3) is 0 Å². The number of aromatic hydroxyl groups is 1. The van der Waals surface area contributed by atoms with Crippen molar-refractivity contribution in [3.05, 3.63) is 23.3 Å². The second kappa shape index (κ2) is 9.82. The lowest BCUT2D eigenvalue weighted by atomic mass is 10.0. The number of carbonyl (C=O) groups is 1. The van der Waals surface area contributed by atoms with Gasteiger partial charge in [0.15, 0.2) is 5.78 Å². The lowest BCUT2D eigenvalue weighted by molar-refractivity contribution is 0.101. The highest BCUT2D eigenvalue weighted by Crippen LogP contribution is 2.33. The average molecular weight is 357 g/mol. The Balaban J connectivity index is 2.68. The van der Waals surface area contributed by atoms with Crippen LogP contribution >= 0.6 is 15.9 Å². The number of halogens is 1. The predicted octanol–water partition coefficient (Wildman–Crippen LogP) is 4.88. The maximum Gasteiger partial charge on any atom is 0.163 e. The average Bonchev–Trinajstić information content (AvgIpc) is 2.45. The number of carbonyl (C=O) groups excluding carboxylic acids is 1. The van der Waals surface area contributed by atoms with Crippen molar-refractivity contribution in [3.8, 4) is 11.5 Å². The van der Waals surface area contributed by atoms with E-state index in [2.05, 4.69) is 15.9 Å². The van der Waals surface area contributed by atoms with Crippen LogP contribution in [0.25, 0.3) is 0 Å². The van der Waals surface area contributed by atoms with Crippen molar-refractivity contribution < 1.29 is 14.6 Å². The Morgan fingerprint density at radius 2 is 1.95 bits per heavy atom. The first-order valence-corrected chi connectivity index (χ1v) is 8.78. The highest BCUT2D eigenvalue weighted by molar-refractivity contribution is 9.09. The minimum Gasteiger partial charge on any atom is -0.507 e. The van der Waals surface area contributed by atoms with Gasteiger partial charge in [0.1, 0.15) is 11.5 Å². The topological polar surface area (TPSA) is 46.5 Å². The molecule has 4 heteroatoms. The van der Waals surface area contributed by atoms with Crippen molar-refractivity contribution in [2.75, 3.05) is 11.9 Å². The number of alkyl halides is 1. The van der Waals surface area contributed by atoms with Gasteiger partial charge in [-0.3, -0.25) is 4.79 Å². The van der Waals surface area contributed by atoms with Gasteiger partial charge in [-0.2, -0.15) is 0 Å². The molecule has 0 saturated carbocycles. The van der Waals surface area contributed by atoms with E-state index in [1.54, 1.807) is 12.1 Å². The molecule has 1 aromatic carbocycles. The molecule has 0 bridgehead atoms. The van der Waals surface area contributed by atoms with E-state index in [0.29, 0.717) is 24.3 Å². The molecular weight excluding hydrogens is 332 g/mol. The van der Waals surface area contributed by atoms with Crippen LogP contribution in [0.15, 0.2) is 12.1 Å². The minimum absolute atomic E-state index is 0.0844. The Morgan fingerprint density at radius 3 is 2.57 bits per heavy atom. The summed E-state index contributed by atoms with van der Waals surface area (Å²) >= 11 is 3.42. The summed E-state index contributed by atoms with van der Waals surface area (Å²) in [5.41, 5.74) is 1.13. The van der Waals surface area contributed by atoms with Crippen LogP contribution in [0.4, 0.5) is 0 Å². The molecule has 0 aliphatic rings. The van der Waals surface area contributed by atoms with E-state index in [1.807, 2.05) is 6.92 Å². The zero-order valence-electron chi connectivity index (χ0n) is 13.0. The maximum absolute atomic E-state index is 11.5. The van der Waals surface area contributed by atoms with Gasteiger partial charge in [-0.25, -0.2) is 0 Å². The van der Waals surface area contributed by atoms with Crippen LogP contribution in [0.3, 0.4) is 0 Å². The fraction of sp³-hybridized carbons (Fsp3) is 0.588.